The van der Waals surface area contributed by atoms with E-state index in [2.05, 4.69) is 0 Å². The van der Waals surface area contributed by atoms with Gasteiger partial charge in [-0.05, 0) is 26.8 Å². The number of hydrogen-bond acceptors (Lipinski definition) is 3. The maximum atomic E-state index is 11.8. The fourth-order valence-corrected chi connectivity index (χ4v) is 0.699. The van der Waals surface area contributed by atoms with Crippen molar-refractivity contribution in [2.75, 3.05) is 0 Å². The summed E-state index contributed by atoms with van der Waals surface area (Å²) in [6.45, 7) is 4.90. The highest BCUT2D eigenvalue weighted by atomic mass is 19.1. The number of carboxylic acids is 1. The predicted octanol–water partition coefficient (Wildman–Crippen LogP) is 1.45. The maximum Gasteiger partial charge on any atom is 0.408 e. The van der Waals surface area contributed by atoms with Gasteiger partial charge in [0.05, 0.1) is 6.33 Å². The second-order valence-electron chi connectivity index (χ2n) is 3.78. The van der Waals surface area contributed by atoms with Crippen molar-refractivity contribution in [1.29, 1.82) is 0 Å². The van der Waals surface area contributed by atoms with Gasteiger partial charge in [0.1, 0.15) is 5.60 Å². The van der Waals surface area contributed by atoms with Crippen LogP contribution in [-0.4, -0.2) is 28.8 Å². The summed E-state index contributed by atoms with van der Waals surface area (Å²) in [6.07, 6.45) is -0.157. The van der Waals surface area contributed by atoms with E-state index >= 15 is 0 Å². The van der Waals surface area contributed by atoms with Gasteiger partial charge >= 0.3 is 12.1 Å². The predicted molar refractivity (Wildman–Crippen MR) is 51.0 cm³/mol. The summed E-state index contributed by atoms with van der Waals surface area (Å²) < 4.78 is 16.6. The van der Waals surface area contributed by atoms with Crippen molar-refractivity contribution in [3.8, 4) is 0 Å². The Hall–Kier alpha value is -1.59. The van der Waals surface area contributed by atoms with Gasteiger partial charge in [0, 0.05) is 0 Å². The minimum Gasteiger partial charge on any atom is -0.479 e. The summed E-state index contributed by atoms with van der Waals surface area (Å²) >= 11 is 0. The third kappa shape index (κ3) is 6.48. The number of halogens is 1. The fraction of sp³-hybridized carbons (Fsp3) is 0.556. The second-order valence-corrected chi connectivity index (χ2v) is 3.78. The molecule has 0 aliphatic heterocycles. The summed E-state index contributed by atoms with van der Waals surface area (Å²) in [5, 5.41) is 10.5. The lowest BCUT2D eigenvalue weighted by molar-refractivity contribution is -0.138. The van der Waals surface area contributed by atoms with E-state index in [1.165, 1.54) is 0 Å². The molecule has 6 heteroatoms. The zero-order chi connectivity index (χ0) is 12.1. The van der Waals surface area contributed by atoms with Gasteiger partial charge in [-0.15, -0.1) is 0 Å². The van der Waals surface area contributed by atoms with Crippen molar-refractivity contribution < 1.29 is 23.8 Å². The van der Waals surface area contributed by atoms with Gasteiger partial charge in [-0.25, -0.2) is 14.0 Å². The molecule has 0 radical (unpaired) electrons. The van der Waals surface area contributed by atoms with E-state index in [4.69, 9.17) is 9.84 Å². The highest BCUT2D eigenvalue weighted by Gasteiger charge is 2.21. The monoisotopic (exact) mass is 219 g/mol. The first kappa shape index (κ1) is 13.4. The Morgan fingerprint density at radius 2 is 2.00 bits per heavy atom. The molecule has 0 aliphatic carbocycles. The third-order valence-corrected chi connectivity index (χ3v) is 1.20. The van der Waals surface area contributed by atoms with Crippen LogP contribution in [0.3, 0.4) is 0 Å². The SMILES string of the molecule is CC(C)(C)OC(=O)N[C@@H](/C=C/F)C(=O)O. The van der Waals surface area contributed by atoms with Crippen molar-refractivity contribution in [2.45, 2.75) is 32.4 Å². The molecule has 0 aromatic carbocycles. The minimum absolute atomic E-state index is 0.0517. The van der Waals surface area contributed by atoms with Gasteiger partial charge in [-0.3, -0.25) is 0 Å². The van der Waals surface area contributed by atoms with Gasteiger partial charge < -0.3 is 15.2 Å². The van der Waals surface area contributed by atoms with Crippen LogP contribution in [0.25, 0.3) is 0 Å². The molecule has 2 N–H and O–H groups in total. The van der Waals surface area contributed by atoms with Crippen molar-refractivity contribution >= 4 is 12.1 Å². The van der Waals surface area contributed by atoms with E-state index in [1.807, 2.05) is 5.32 Å². The van der Waals surface area contributed by atoms with E-state index in [-0.39, 0.29) is 6.33 Å². The lowest BCUT2D eigenvalue weighted by Gasteiger charge is -2.20. The summed E-state index contributed by atoms with van der Waals surface area (Å²) in [5.74, 6) is -1.37. The van der Waals surface area contributed by atoms with Crippen molar-refractivity contribution in [1.82, 2.24) is 5.32 Å². The van der Waals surface area contributed by atoms with Gasteiger partial charge in [0.2, 0.25) is 0 Å². The molecule has 0 saturated carbocycles. The Morgan fingerprint density at radius 3 is 2.33 bits per heavy atom. The molecule has 0 aliphatic rings. The number of hydrogen-bond donors (Lipinski definition) is 2. The lowest BCUT2D eigenvalue weighted by Crippen LogP contribution is -2.42. The van der Waals surface area contributed by atoms with Crippen LogP contribution < -0.4 is 5.32 Å². The molecule has 0 saturated heterocycles. The Balaban J connectivity index is 4.30. The van der Waals surface area contributed by atoms with Gasteiger partial charge in [-0.2, -0.15) is 0 Å². The number of rotatable bonds is 3. The Morgan fingerprint density at radius 1 is 1.47 bits per heavy atom. The number of carboxylic acid groups (broad SMARTS) is 1. The van der Waals surface area contributed by atoms with Crippen LogP contribution in [-0.2, 0) is 9.53 Å². The molecule has 0 heterocycles. The number of amides is 1. The largest absolute Gasteiger partial charge is 0.479 e. The highest BCUT2D eigenvalue weighted by molar-refractivity contribution is 5.81. The molecule has 5 nitrogen and oxygen atoms in total. The number of alkyl carbamates (subject to hydrolysis) is 1. The van der Waals surface area contributed by atoms with Crippen LogP contribution in [0.1, 0.15) is 20.8 Å². The van der Waals surface area contributed by atoms with Gasteiger partial charge in [0.25, 0.3) is 0 Å². The topological polar surface area (TPSA) is 75.6 Å². The van der Waals surface area contributed by atoms with Crippen LogP contribution in [0, 0.1) is 0 Å². The second kappa shape index (κ2) is 5.33. The summed E-state index contributed by atoms with van der Waals surface area (Å²) in [6, 6.07) is -1.43. The average molecular weight is 219 g/mol. The van der Waals surface area contributed by atoms with Crippen LogP contribution in [0.5, 0.6) is 0 Å². The number of carbonyl (C=O) groups is 2. The highest BCUT2D eigenvalue weighted by Crippen LogP contribution is 2.06. The Kier molecular flexibility index (Phi) is 4.77. The first-order valence-corrected chi connectivity index (χ1v) is 4.25. The first-order chi connectivity index (χ1) is 6.76. The molecule has 0 spiro atoms. The van der Waals surface area contributed by atoms with Crippen molar-refractivity contribution in [3.05, 3.63) is 12.4 Å². The van der Waals surface area contributed by atoms with Crippen molar-refractivity contribution in [2.24, 2.45) is 0 Å². The van der Waals surface area contributed by atoms with Gasteiger partial charge in [0.15, 0.2) is 6.04 Å². The number of ether oxygens (including phenoxy) is 1. The standard InChI is InChI=1S/C9H14FNO4/c1-9(2,3)15-8(14)11-6(4-5-10)7(12)13/h4-6H,1-3H3,(H,11,14)(H,12,13)/b5-4+/t6-/m0/s1. The van der Waals surface area contributed by atoms with E-state index in [1.54, 1.807) is 20.8 Å². The summed E-state index contributed by atoms with van der Waals surface area (Å²) in [4.78, 5) is 21.6. The number of carbonyl (C=O) groups excluding carboxylic acids is 1. The minimum atomic E-state index is -1.43. The quantitative estimate of drug-likeness (QED) is 0.753. The van der Waals surface area contributed by atoms with Crippen LogP contribution in [0.4, 0.5) is 9.18 Å². The molecular formula is C9H14FNO4. The molecule has 0 bridgehead atoms. The maximum absolute atomic E-state index is 11.8. The third-order valence-electron chi connectivity index (χ3n) is 1.20. The molecule has 0 aromatic rings. The molecule has 86 valence electrons. The normalized spacial score (nSPS) is 13.6. The van der Waals surface area contributed by atoms with E-state index < -0.39 is 23.7 Å². The van der Waals surface area contributed by atoms with E-state index in [0.717, 1.165) is 0 Å². The Bertz CT molecular complexity index is 270. The van der Waals surface area contributed by atoms with Gasteiger partial charge in [-0.1, -0.05) is 0 Å². The summed E-state index contributed by atoms with van der Waals surface area (Å²) in [5.41, 5.74) is -0.730. The number of nitrogens with one attached hydrogen (secondary N) is 1. The molecule has 0 aromatic heterocycles. The van der Waals surface area contributed by atoms with Crippen LogP contribution in [0.15, 0.2) is 12.4 Å². The fourth-order valence-electron chi connectivity index (χ4n) is 0.699. The molecular weight excluding hydrogens is 205 g/mol. The van der Waals surface area contributed by atoms with Crippen molar-refractivity contribution in [3.63, 3.8) is 0 Å². The molecule has 15 heavy (non-hydrogen) atoms. The molecule has 1 atom stereocenters. The van der Waals surface area contributed by atoms with E-state index in [0.29, 0.717) is 6.08 Å². The zero-order valence-electron chi connectivity index (χ0n) is 8.78. The smallest absolute Gasteiger partial charge is 0.408 e. The number of aliphatic carboxylic acids is 1. The first-order valence-electron chi connectivity index (χ1n) is 4.25. The zero-order valence-corrected chi connectivity index (χ0v) is 8.78. The molecule has 0 rings (SSSR count). The lowest BCUT2D eigenvalue weighted by atomic mass is 10.2. The molecule has 1 amide bonds. The van der Waals surface area contributed by atoms with E-state index in [9.17, 15) is 14.0 Å². The average Bonchev–Trinajstić information content (AvgIpc) is 1.99. The van der Waals surface area contributed by atoms with Crippen LogP contribution in [0.2, 0.25) is 0 Å². The molecule has 0 fully saturated rings. The summed E-state index contributed by atoms with van der Waals surface area (Å²) in [7, 11) is 0. The van der Waals surface area contributed by atoms with Crippen LogP contribution >= 0.6 is 0 Å². The Labute approximate surface area is 86.9 Å². The molecule has 0 unspecified atom stereocenters.